The van der Waals surface area contributed by atoms with Crippen LogP contribution in [0.1, 0.15) is 25.7 Å². The van der Waals surface area contributed by atoms with Gasteiger partial charge in [0.05, 0.1) is 7.11 Å². The average Bonchev–Trinajstić information content (AvgIpc) is 2.49. The van der Waals surface area contributed by atoms with Crippen molar-refractivity contribution in [2.75, 3.05) is 14.2 Å². The molecule has 0 radical (unpaired) electrons. The van der Waals surface area contributed by atoms with Gasteiger partial charge in [-0.3, -0.25) is 4.79 Å². The highest BCUT2D eigenvalue weighted by atomic mass is 19.1. The number of methoxy groups -OCH3 is 1. The Morgan fingerprint density at radius 3 is 2.85 bits per heavy atom. The fraction of sp³-hybridized carbons (Fsp3) is 0.533. The van der Waals surface area contributed by atoms with Crippen LogP contribution in [0.2, 0.25) is 0 Å². The number of halogens is 1. The SMILES string of the molecule is CNC1(C(=O)OC)CCCC(Oc2ccccc2F)C1. The second-order valence-corrected chi connectivity index (χ2v) is 5.09. The van der Waals surface area contributed by atoms with E-state index in [1.165, 1.54) is 13.2 Å². The van der Waals surface area contributed by atoms with Crippen LogP contribution in [0.15, 0.2) is 24.3 Å². The van der Waals surface area contributed by atoms with Gasteiger partial charge in [-0.2, -0.15) is 0 Å². The third kappa shape index (κ3) is 2.93. The molecule has 1 aromatic rings. The molecule has 2 unspecified atom stereocenters. The number of hydrogen-bond donors (Lipinski definition) is 1. The highest BCUT2D eigenvalue weighted by Gasteiger charge is 2.43. The maximum Gasteiger partial charge on any atom is 0.326 e. The second-order valence-electron chi connectivity index (χ2n) is 5.09. The van der Waals surface area contributed by atoms with Crippen molar-refractivity contribution < 1.29 is 18.7 Å². The van der Waals surface area contributed by atoms with E-state index >= 15 is 0 Å². The van der Waals surface area contributed by atoms with E-state index in [4.69, 9.17) is 9.47 Å². The number of carbonyl (C=O) groups excluding carboxylic acids is 1. The van der Waals surface area contributed by atoms with Gasteiger partial charge in [0.1, 0.15) is 11.6 Å². The highest BCUT2D eigenvalue weighted by molar-refractivity contribution is 5.81. The predicted octanol–water partition coefficient (Wildman–Crippen LogP) is 2.28. The van der Waals surface area contributed by atoms with Crippen molar-refractivity contribution >= 4 is 5.97 Å². The van der Waals surface area contributed by atoms with E-state index in [2.05, 4.69) is 5.32 Å². The Morgan fingerprint density at radius 2 is 2.20 bits per heavy atom. The fourth-order valence-corrected chi connectivity index (χ4v) is 2.75. The van der Waals surface area contributed by atoms with Gasteiger partial charge in [0.2, 0.25) is 0 Å². The van der Waals surface area contributed by atoms with Crippen LogP contribution in [0.4, 0.5) is 4.39 Å². The summed E-state index contributed by atoms with van der Waals surface area (Å²) in [6.45, 7) is 0. The summed E-state index contributed by atoms with van der Waals surface area (Å²) in [5, 5.41) is 3.05. The van der Waals surface area contributed by atoms with E-state index in [1.807, 2.05) is 0 Å². The Bertz CT molecular complexity index is 480. The number of para-hydroxylation sites is 1. The number of rotatable bonds is 4. The van der Waals surface area contributed by atoms with Crippen LogP contribution in [-0.4, -0.2) is 31.8 Å². The lowest BCUT2D eigenvalue weighted by Crippen LogP contribution is -2.55. The molecule has 4 nitrogen and oxygen atoms in total. The number of likely N-dealkylation sites (N-methyl/N-ethyl adjacent to an activating group) is 1. The molecule has 0 saturated heterocycles. The van der Waals surface area contributed by atoms with Crippen molar-refractivity contribution in [3.8, 4) is 5.75 Å². The van der Waals surface area contributed by atoms with E-state index in [0.29, 0.717) is 12.8 Å². The van der Waals surface area contributed by atoms with Crippen molar-refractivity contribution in [2.45, 2.75) is 37.3 Å². The number of nitrogens with one attached hydrogen (secondary N) is 1. The first-order chi connectivity index (χ1) is 9.61. The third-order valence-electron chi connectivity index (χ3n) is 3.89. The van der Waals surface area contributed by atoms with Crippen LogP contribution < -0.4 is 10.1 Å². The Hall–Kier alpha value is -1.62. The van der Waals surface area contributed by atoms with Crippen LogP contribution in [0, 0.1) is 5.82 Å². The summed E-state index contributed by atoms with van der Waals surface area (Å²) >= 11 is 0. The first-order valence-electron chi connectivity index (χ1n) is 6.80. The summed E-state index contributed by atoms with van der Waals surface area (Å²) in [5.74, 6) is -0.442. The fourth-order valence-electron chi connectivity index (χ4n) is 2.75. The summed E-state index contributed by atoms with van der Waals surface area (Å²) in [7, 11) is 3.12. The van der Waals surface area contributed by atoms with E-state index in [0.717, 1.165) is 12.8 Å². The van der Waals surface area contributed by atoms with Crippen LogP contribution in [0.3, 0.4) is 0 Å². The Morgan fingerprint density at radius 1 is 1.45 bits per heavy atom. The zero-order valence-corrected chi connectivity index (χ0v) is 11.8. The number of carbonyl (C=O) groups is 1. The lowest BCUT2D eigenvalue weighted by molar-refractivity contribution is -0.151. The molecular weight excluding hydrogens is 261 g/mol. The zero-order valence-electron chi connectivity index (χ0n) is 11.8. The second kappa shape index (κ2) is 6.22. The van der Waals surface area contributed by atoms with Crippen molar-refractivity contribution in [1.82, 2.24) is 5.32 Å². The van der Waals surface area contributed by atoms with Gasteiger partial charge >= 0.3 is 5.97 Å². The standard InChI is InChI=1S/C15H20FNO3/c1-17-15(14(18)19-2)9-5-6-11(10-15)20-13-8-4-3-7-12(13)16/h3-4,7-8,11,17H,5-6,9-10H2,1-2H3. The molecule has 2 rings (SSSR count). The smallest absolute Gasteiger partial charge is 0.326 e. The Labute approximate surface area is 118 Å². The minimum Gasteiger partial charge on any atom is -0.487 e. The van der Waals surface area contributed by atoms with E-state index in [9.17, 15) is 9.18 Å². The van der Waals surface area contributed by atoms with Gasteiger partial charge in [-0.1, -0.05) is 12.1 Å². The largest absolute Gasteiger partial charge is 0.487 e. The molecule has 5 heteroatoms. The highest BCUT2D eigenvalue weighted by Crippen LogP contribution is 2.32. The number of benzene rings is 1. The van der Waals surface area contributed by atoms with Crippen LogP contribution in [0.25, 0.3) is 0 Å². The van der Waals surface area contributed by atoms with Gasteiger partial charge in [-0.05, 0) is 38.4 Å². The monoisotopic (exact) mass is 281 g/mol. The normalized spacial score (nSPS) is 26.1. The lowest BCUT2D eigenvalue weighted by Gasteiger charge is -2.38. The van der Waals surface area contributed by atoms with Crippen LogP contribution >= 0.6 is 0 Å². The summed E-state index contributed by atoms with van der Waals surface area (Å²) in [5.41, 5.74) is -0.733. The maximum absolute atomic E-state index is 13.6. The molecule has 0 heterocycles. The van der Waals surface area contributed by atoms with Crippen LogP contribution in [-0.2, 0) is 9.53 Å². The third-order valence-corrected chi connectivity index (χ3v) is 3.89. The molecule has 110 valence electrons. The molecular formula is C15H20FNO3. The van der Waals surface area contributed by atoms with Crippen molar-refractivity contribution in [2.24, 2.45) is 0 Å². The molecule has 0 aliphatic heterocycles. The molecule has 2 atom stereocenters. The van der Waals surface area contributed by atoms with Crippen molar-refractivity contribution in [3.05, 3.63) is 30.1 Å². The first-order valence-corrected chi connectivity index (χ1v) is 6.80. The maximum atomic E-state index is 13.6. The van der Waals surface area contributed by atoms with Gasteiger partial charge in [0.25, 0.3) is 0 Å². The summed E-state index contributed by atoms with van der Waals surface area (Å²) in [6.07, 6.45) is 2.61. The molecule has 1 aliphatic carbocycles. The van der Waals surface area contributed by atoms with Gasteiger partial charge in [-0.15, -0.1) is 0 Å². The molecule has 1 N–H and O–H groups in total. The molecule has 1 aromatic carbocycles. The lowest BCUT2D eigenvalue weighted by atomic mass is 9.80. The van der Waals surface area contributed by atoms with Gasteiger partial charge in [-0.25, -0.2) is 4.39 Å². The Kier molecular flexibility index (Phi) is 4.60. The predicted molar refractivity (Wildman–Crippen MR) is 73.1 cm³/mol. The molecule has 1 saturated carbocycles. The number of hydrogen-bond acceptors (Lipinski definition) is 4. The minimum absolute atomic E-state index is 0.202. The number of esters is 1. The van der Waals surface area contributed by atoms with Crippen molar-refractivity contribution in [1.29, 1.82) is 0 Å². The quantitative estimate of drug-likeness (QED) is 0.860. The number of ether oxygens (including phenoxy) is 2. The molecule has 0 bridgehead atoms. The van der Waals surface area contributed by atoms with Gasteiger partial charge in [0, 0.05) is 6.42 Å². The summed E-state index contributed by atoms with van der Waals surface area (Å²) in [4.78, 5) is 12.0. The topological polar surface area (TPSA) is 47.6 Å². The van der Waals surface area contributed by atoms with Gasteiger partial charge in [0.15, 0.2) is 11.6 Å². The minimum atomic E-state index is -0.733. The molecule has 0 spiro atoms. The average molecular weight is 281 g/mol. The Balaban J connectivity index is 2.10. The van der Waals surface area contributed by atoms with Gasteiger partial charge < -0.3 is 14.8 Å². The molecule has 1 aliphatic rings. The van der Waals surface area contributed by atoms with E-state index in [-0.39, 0.29) is 23.6 Å². The molecule has 1 fully saturated rings. The summed E-state index contributed by atoms with van der Waals surface area (Å²) in [6, 6.07) is 6.31. The molecule has 0 aromatic heterocycles. The molecule has 0 amide bonds. The van der Waals surface area contributed by atoms with E-state index in [1.54, 1.807) is 25.2 Å². The van der Waals surface area contributed by atoms with Crippen molar-refractivity contribution in [3.63, 3.8) is 0 Å². The van der Waals surface area contributed by atoms with Crippen LogP contribution in [0.5, 0.6) is 5.75 Å². The summed E-state index contributed by atoms with van der Waals surface area (Å²) < 4.78 is 24.2. The van der Waals surface area contributed by atoms with E-state index < -0.39 is 5.54 Å². The zero-order chi connectivity index (χ0) is 14.6. The molecule has 20 heavy (non-hydrogen) atoms. The first kappa shape index (κ1) is 14.8.